The molecular formula is C15H16N2O4. The number of carbonyl (C=O) groups is 3. The lowest BCUT2D eigenvalue weighted by Gasteiger charge is -2.21. The molecule has 1 aromatic rings. The van der Waals surface area contributed by atoms with Gasteiger partial charge < -0.3 is 15.7 Å². The fourth-order valence-electron chi connectivity index (χ4n) is 2.09. The van der Waals surface area contributed by atoms with Crippen molar-refractivity contribution in [3.8, 4) is 0 Å². The lowest BCUT2D eigenvalue weighted by atomic mass is 9.98. The summed E-state index contributed by atoms with van der Waals surface area (Å²) in [5, 5.41) is 14.0. The van der Waals surface area contributed by atoms with Crippen LogP contribution in [0.1, 0.15) is 18.4 Å². The van der Waals surface area contributed by atoms with Gasteiger partial charge in [0.15, 0.2) is 0 Å². The zero-order valence-electron chi connectivity index (χ0n) is 11.3. The topological polar surface area (TPSA) is 95.5 Å². The molecular weight excluding hydrogens is 272 g/mol. The van der Waals surface area contributed by atoms with E-state index < -0.39 is 5.97 Å². The third kappa shape index (κ3) is 4.45. The molecule has 1 fully saturated rings. The molecule has 1 aromatic carbocycles. The van der Waals surface area contributed by atoms with Gasteiger partial charge in [-0.1, -0.05) is 12.1 Å². The van der Waals surface area contributed by atoms with Crippen molar-refractivity contribution in [3.63, 3.8) is 0 Å². The van der Waals surface area contributed by atoms with Crippen molar-refractivity contribution in [2.75, 3.05) is 11.9 Å². The lowest BCUT2D eigenvalue weighted by molar-refractivity contribution is -0.131. The smallest absolute Gasteiger partial charge is 0.328 e. The van der Waals surface area contributed by atoms with Crippen LogP contribution < -0.4 is 10.6 Å². The van der Waals surface area contributed by atoms with Gasteiger partial charge in [0.1, 0.15) is 0 Å². The number of rotatable bonds is 4. The van der Waals surface area contributed by atoms with Gasteiger partial charge in [0.2, 0.25) is 11.8 Å². The molecule has 0 aliphatic carbocycles. The first-order chi connectivity index (χ1) is 10.0. The van der Waals surface area contributed by atoms with E-state index in [0.29, 0.717) is 30.6 Å². The molecule has 0 saturated carbocycles. The maximum atomic E-state index is 12.1. The number of carboxylic acids is 1. The van der Waals surface area contributed by atoms with Crippen molar-refractivity contribution in [1.29, 1.82) is 0 Å². The van der Waals surface area contributed by atoms with Crippen LogP contribution in [0.25, 0.3) is 6.08 Å². The van der Waals surface area contributed by atoms with Crippen LogP contribution >= 0.6 is 0 Å². The van der Waals surface area contributed by atoms with Crippen molar-refractivity contribution >= 4 is 29.5 Å². The van der Waals surface area contributed by atoms with E-state index in [1.165, 1.54) is 6.08 Å². The van der Waals surface area contributed by atoms with Crippen molar-refractivity contribution in [1.82, 2.24) is 5.32 Å². The van der Waals surface area contributed by atoms with E-state index >= 15 is 0 Å². The number of carbonyl (C=O) groups excluding carboxylic acids is 2. The highest BCUT2D eigenvalue weighted by atomic mass is 16.4. The van der Waals surface area contributed by atoms with E-state index in [1.807, 2.05) is 0 Å². The molecule has 1 saturated heterocycles. The fraction of sp³-hybridized carbons (Fsp3) is 0.267. The van der Waals surface area contributed by atoms with E-state index in [4.69, 9.17) is 5.11 Å². The first-order valence-electron chi connectivity index (χ1n) is 6.63. The number of benzene rings is 1. The molecule has 110 valence electrons. The number of hydrogen-bond donors (Lipinski definition) is 3. The van der Waals surface area contributed by atoms with Gasteiger partial charge in [-0.3, -0.25) is 9.59 Å². The van der Waals surface area contributed by atoms with Crippen LogP contribution in [0, 0.1) is 5.92 Å². The predicted octanol–water partition coefficient (Wildman–Crippen LogP) is 1.25. The zero-order chi connectivity index (χ0) is 15.2. The molecule has 1 aliphatic heterocycles. The van der Waals surface area contributed by atoms with E-state index in [9.17, 15) is 14.4 Å². The highest BCUT2D eigenvalue weighted by molar-refractivity contribution is 5.94. The highest BCUT2D eigenvalue weighted by Crippen LogP contribution is 2.16. The van der Waals surface area contributed by atoms with Crippen LogP contribution in [0.5, 0.6) is 0 Å². The Morgan fingerprint density at radius 1 is 1.38 bits per heavy atom. The normalized spacial score (nSPS) is 18.3. The second kappa shape index (κ2) is 6.69. The average molecular weight is 288 g/mol. The number of anilines is 1. The van der Waals surface area contributed by atoms with Crippen molar-refractivity contribution in [2.24, 2.45) is 5.92 Å². The van der Waals surface area contributed by atoms with Gasteiger partial charge in [-0.2, -0.15) is 0 Å². The summed E-state index contributed by atoms with van der Waals surface area (Å²) < 4.78 is 0. The van der Waals surface area contributed by atoms with E-state index in [-0.39, 0.29) is 17.7 Å². The van der Waals surface area contributed by atoms with Crippen molar-refractivity contribution < 1.29 is 19.5 Å². The van der Waals surface area contributed by atoms with Crippen molar-refractivity contribution in [3.05, 3.63) is 35.9 Å². The molecule has 2 amide bonds. The average Bonchev–Trinajstić information content (AvgIpc) is 2.46. The first-order valence-corrected chi connectivity index (χ1v) is 6.63. The SMILES string of the molecule is O=C(O)/C=C/c1cccc(NC(=O)C2CCC(=O)NC2)c1. The predicted molar refractivity (Wildman–Crippen MR) is 77.5 cm³/mol. The summed E-state index contributed by atoms with van der Waals surface area (Å²) in [5.74, 6) is -1.43. The Kier molecular flexibility index (Phi) is 4.71. The quantitative estimate of drug-likeness (QED) is 0.727. The Morgan fingerprint density at radius 2 is 2.19 bits per heavy atom. The summed E-state index contributed by atoms with van der Waals surface area (Å²) >= 11 is 0. The minimum absolute atomic E-state index is 0.0279. The maximum Gasteiger partial charge on any atom is 0.328 e. The van der Waals surface area contributed by atoms with Crippen LogP contribution in [0.2, 0.25) is 0 Å². The second-order valence-electron chi connectivity index (χ2n) is 4.83. The Hall–Kier alpha value is -2.63. The minimum atomic E-state index is -1.03. The zero-order valence-corrected chi connectivity index (χ0v) is 11.3. The monoisotopic (exact) mass is 288 g/mol. The summed E-state index contributed by atoms with van der Waals surface area (Å²) in [6.07, 6.45) is 3.40. The summed E-state index contributed by atoms with van der Waals surface area (Å²) in [7, 11) is 0. The van der Waals surface area contributed by atoms with Gasteiger partial charge in [0.25, 0.3) is 0 Å². The van der Waals surface area contributed by atoms with E-state index in [0.717, 1.165) is 6.08 Å². The Balaban J connectivity index is 1.99. The van der Waals surface area contributed by atoms with Gasteiger partial charge >= 0.3 is 5.97 Å². The molecule has 6 heteroatoms. The fourth-order valence-corrected chi connectivity index (χ4v) is 2.09. The second-order valence-corrected chi connectivity index (χ2v) is 4.83. The molecule has 2 rings (SSSR count). The molecule has 21 heavy (non-hydrogen) atoms. The standard InChI is InChI=1S/C15H16N2O4/c18-13-6-5-11(9-16-13)15(21)17-12-3-1-2-10(8-12)4-7-14(19)20/h1-4,7-8,11H,5-6,9H2,(H,16,18)(H,17,21)(H,19,20)/b7-4+. The molecule has 1 aliphatic rings. The van der Waals surface area contributed by atoms with Crippen LogP contribution in [-0.4, -0.2) is 29.4 Å². The number of hydrogen-bond acceptors (Lipinski definition) is 3. The van der Waals surface area contributed by atoms with Gasteiger partial charge in [0, 0.05) is 24.7 Å². The molecule has 1 unspecified atom stereocenters. The molecule has 0 bridgehead atoms. The molecule has 1 heterocycles. The molecule has 6 nitrogen and oxygen atoms in total. The van der Waals surface area contributed by atoms with Gasteiger partial charge in [0.05, 0.1) is 5.92 Å². The summed E-state index contributed by atoms with van der Waals surface area (Å²) in [6, 6.07) is 6.91. The molecule has 3 N–H and O–H groups in total. The summed E-state index contributed by atoms with van der Waals surface area (Å²) in [6.45, 7) is 0.350. The number of carboxylic acid groups (broad SMARTS) is 1. The molecule has 0 spiro atoms. The Bertz CT molecular complexity index is 585. The third-order valence-electron chi connectivity index (χ3n) is 3.21. The molecule has 1 atom stereocenters. The highest BCUT2D eigenvalue weighted by Gasteiger charge is 2.24. The van der Waals surface area contributed by atoms with Crippen LogP contribution in [0.3, 0.4) is 0 Å². The first kappa shape index (κ1) is 14.8. The molecule has 0 aromatic heterocycles. The minimum Gasteiger partial charge on any atom is -0.478 e. The van der Waals surface area contributed by atoms with Crippen LogP contribution in [0.4, 0.5) is 5.69 Å². The Morgan fingerprint density at radius 3 is 2.86 bits per heavy atom. The number of aliphatic carboxylic acids is 1. The van der Waals surface area contributed by atoms with Gasteiger partial charge in [-0.15, -0.1) is 0 Å². The number of amides is 2. The van der Waals surface area contributed by atoms with Crippen molar-refractivity contribution in [2.45, 2.75) is 12.8 Å². The largest absolute Gasteiger partial charge is 0.478 e. The maximum absolute atomic E-state index is 12.1. The summed E-state index contributed by atoms with van der Waals surface area (Å²) in [4.78, 5) is 33.6. The van der Waals surface area contributed by atoms with E-state index in [2.05, 4.69) is 10.6 Å². The summed E-state index contributed by atoms with van der Waals surface area (Å²) in [5.41, 5.74) is 1.29. The third-order valence-corrected chi connectivity index (χ3v) is 3.21. The number of nitrogens with one attached hydrogen (secondary N) is 2. The van der Waals surface area contributed by atoms with Crippen LogP contribution in [-0.2, 0) is 14.4 Å². The van der Waals surface area contributed by atoms with Crippen LogP contribution in [0.15, 0.2) is 30.3 Å². The Labute approximate surface area is 121 Å². The lowest BCUT2D eigenvalue weighted by Crippen LogP contribution is -2.40. The van der Waals surface area contributed by atoms with Gasteiger partial charge in [-0.05, 0) is 30.2 Å². The number of piperidine rings is 1. The van der Waals surface area contributed by atoms with E-state index in [1.54, 1.807) is 24.3 Å². The van der Waals surface area contributed by atoms with Gasteiger partial charge in [-0.25, -0.2) is 4.79 Å². The molecule has 0 radical (unpaired) electrons.